The summed E-state index contributed by atoms with van der Waals surface area (Å²) < 4.78 is 6.82. The van der Waals surface area contributed by atoms with Crippen molar-refractivity contribution in [3.8, 4) is 0 Å². The van der Waals surface area contributed by atoms with Gasteiger partial charge in [-0.3, -0.25) is 4.79 Å². The largest absolute Gasteiger partial charge is 0.481 e. The van der Waals surface area contributed by atoms with E-state index in [1.807, 2.05) is 6.92 Å². The molecule has 1 unspecified atom stereocenters. The molecule has 0 amide bonds. The van der Waals surface area contributed by atoms with Gasteiger partial charge in [0.1, 0.15) is 5.60 Å². The minimum absolute atomic E-state index is 0.0431. The summed E-state index contributed by atoms with van der Waals surface area (Å²) in [5.41, 5.74) is 0.326. The number of hydrogen-bond donors (Lipinski definition) is 1. The number of benzene rings is 1. The van der Waals surface area contributed by atoms with Crippen LogP contribution in [0.2, 0.25) is 10.0 Å². The zero-order chi connectivity index (χ0) is 15.2. The van der Waals surface area contributed by atoms with Gasteiger partial charge in [-0.25, -0.2) is 0 Å². The number of carboxylic acid groups (broad SMARTS) is 1. The molecular weight excluding hydrogens is 331 g/mol. The third kappa shape index (κ3) is 2.34. The number of hydrogen-bond acceptors (Lipinski definition) is 3. The van der Waals surface area contributed by atoms with Gasteiger partial charge in [-0.2, -0.15) is 0 Å². The Labute approximate surface area is 136 Å². The van der Waals surface area contributed by atoms with E-state index in [4.69, 9.17) is 27.9 Å². The Kier molecular flexibility index (Phi) is 3.91. The molecular formula is C15H14Cl2O3S. The Morgan fingerprint density at radius 1 is 1.43 bits per heavy atom. The standard InChI is InChI=1S/C15H14Cl2O3S/c1-2-15(7-11(18)19)14-8(5-6-20-15)12-9(16)3-4-10(17)13(12)21-14/h3-4H,2,5-7H2,1H3,(H,18,19). The van der Waals surface area contributed by atoms with Gasteiger partial charge in [-0.1, -0.05) is 30.1 Å². The highest BCUT2D eigenvalue weighted by atomic mass is 35.5. The van der Waals surface area contributed by atoms with Crippen LogP contribution in [0.4, 0.5) is 0 Å². The number of carbonyl (C=O) groups is 1. The highest BCUT2D eigenvalue weighted by Gasteiger charge is 2.41. The zero-order valence-corrected chi connectivity index (χ0v) is 13.7. The summed E-state index contributed by atoms with van der Waals surface area (Å²) in [6.45, 7) is 2.45. The first-order valence-electron chi connectivity index (χ1n) is 6.74. The molecule has 1 N–H and O–H groups in total. The van der Waals surface area contributed by atoms with Gasteiger partial charge in [0.2, 0.25) is 0 Å². The molecule has 0 saturated carbocycles. The molecule has 1 aliphatic rings. The number of aliphatic carboxylic acids is 1. The lowest BCUT2D eigenvalue weighted by atomic mass is 9.87. The summed E-state index contributed by atoms with van der Waals surface area (Å²) in [4.78, 5) is 12.2. The van der Waals surface area contributed by atoms with E-state index >= 15 is 0 Å². The Hall–Kier alpha value is -0.810. The van der Waals surface area contributed by atoms with Crippen LogP contribution in [0.3, 0.4) is 0 Å². The minimum Gasteiger partial charge on any atom is -0.481 e. The molecule has 3 nitrogen and oxygen atoms in total. The summed E-state index contributed by atoms with van der Waals surface area (Å²) in [6.07, 6.45) is 1.30. The molecule has 1 aromatic carbocycles. The van der Waals surface area contributed by atoms with E-state index in [9.17, 15) is 9.90 Å². The molecule has 0 radical (unpaired) electrons. The Morgan fingerprint density at radius 2 is 2.14 bits per heavy atom. The smallest absolute Gasteiger partial charge is 0.306 e. The van der Waals surface area contributed by atoms with Crippen molar-refractivity contribution in [2.45, 2.75) is 31.8 Å². The van der Waals surface area contributed by atoms with E-state index in [2.05, 4.69) is 0 Å². The number of carboxylic acids is 1. The molecule has 1 atom stereocenters. The lowest BCUT2D eigenvalue weighted by Crippen LogP contribution is -2.36. The maximum absolute atomic E-state index is 11.3. The number of ether oxygens (including phenoxy) is 1. The zero-order valence-electron chi connectivity index (χ0n) is 11.4. The van der Waals surface area contributed by atoms with Crippen LogP contribution >= 0.6 is 34.5 Å². The average molecular weight is 345 g/mol. The van der Waals surface area contributed by atoms with Crippen LogP contribution < -0.4 is 0 Å². The normalized spacial score (nSPS) is 21.5. The number of rotatable bonds is 3. The van der Waals surface area contributed by atoms with Crippen molar-refractivity contribution >= 4 is 50.6 Å². The van der Waals surface area contributed by atoms with Gasteiger partial charge in [0.15, 0.2) is 0 Å². The van der Waals surface area contributed by atoms with Crippen molar-refractivity contribution in [2.24, 2.45) is 0 Å². The summed E-state index contributed by atoms with van der Waals surface area (Å²) in [5, 5.41) is 11.5. The molecule has 0 bridgehead atoms. The third-order valence-corrected chi connectivity index (χ3v) is 6.18. The number of thiophene rings is 1. The van der Waals surface area contributed by atoms with Gasteiger partial charge in [0, 0.05) is 15.3 Å². The van der Waals surface area contributed by atoms with Gasteiger partial charge >= 0.3 is 5.97 Å². The summed E-state index contributed by atoms with van der Waals surface area (Å²) >= 11 is 14.1. The van der Waals surface area contributed by atoms with Crippen LogP contribution in [0.1, 0.15) is 30.2 Å². The monoisotopic (exact) mass is 344 g/mol. The molecule has 3 rings (SSSR count). The van der Waals surface area contributed by atoms with Crippen LogP contribution in [0, 0.1) is 0 Å². The Bertz CT molecular complexity index is 725. The van der Waals surface area contributed by atoms with Gasteiger partial charge in [0.05, 0.1) is 22.8 Å². The first-order valence-corrected chi connectivity index (χ1v) is 8.31. The van der Waals surface area contributed by atoms with Gasteiger partial charge in [-0.15, -0.1) is 11.3 Å². The Morgan fingerprint density at radius 3 is 2.81 bits per heavy atom. The van der Waals surface area contributed by atoms with Gasteiger partial charge < -0.3 is 9.84 Å². The first-order chi connectivity index (χ1) is 9.98. The van der Waals surface area contributed by atoms with E-state index in [0.29, 0.717) is 23.1 Å². The minimum atomic E-state index is -0.862. The SMILES string of the molecule is CCC1(CC(=O)O)OCCc2c1sc1c(Cl)ccc(Cl)c21. The van der Waals surface area contributed by atoms with Crippen LogP contribution in [-0.2, 0) is 21.6 Å². The molecule has 2 heterocycles. The number of halogens is 2. The van der Waals surface area contributed by atoms with Crippen molar-refractivity contribution in [3.63, 3.8) is 0 Å². The fourth-order valence-electron chi connectivity index (χ4n) is 2.98. The topological polar surface area (TPSA) is 46.5 Å². The maximum atomic E-state index is 11.3. The molecule has 1 aromatic heterocycles. The second-order valence-electron chi connectivity index (χ2n) is 5.16. The second-order valence-corrected chi connectivity index (χ2v) is 6.99. The lowest BCUT2D eigenvalue weighted by Gasteiger charge is -2.35. The second kappa shape index (κ2) is 5.43. The van der Waals surface area contributed by atoms with Crippen LogP contribution in [0.25, 0.3) is 10.1 Å². The summed E-state index contributed by atoms with van der Waals surface area (Å²) in [6, 6.07) is 3.57. The quantitative estimate of drug-likeness (QED) is 0.864. The predicted molar refractivity (Wildman–Crippen MR) is 85.7 cm³/mol. The van der Waals surface area contributed by atoms with E-state index < -0.39 is 11.6 Å². The molecule has 2 aromatic rings. The van der Waals surface area contributed by atoms with Gasteiger partial charge in [-0.05, 0) is 30.5 Å². The lowest BCUT2D eigenvalue weighted by molar-refractivity contribution is -0.147. The molecule has 0 aliphatic carbocycles. The maximum Gasteiger partial charge on any atom is 0.306 e. The molecule has 112 valence electrons. The van der Waals surface area contributed by atoms with Crippen molar-refractivity contribution in [1.82, 2.24) is 0 Å². The van der Waals surface area contributed by atoms with Crippen molar-refractivity contribution in [3.05, 3.63) is 32.6 Å². The van der Waals surface area contributed by atoms with E-state index in [-0.39, 0.29) is 6.42 Å². The first kappa shape index (κ1) is 15.1. The van der Waals surface area contributed by atoms with E-state index in [1.165, 1.54) is 11.3 Å². The predicted octanol–water partition coefficient (Wildman–Crippen LogP) is 4.86. The molecule has 1 aliphatic heterocycles. The molecule has 0 fully saturated rings. The number of fused-ring (bicyclic) bond motifs is 3. The Balaban J connectivity index is 2.29. The van der Waals surface area contributed by atoms with E-state index in [1.54, 1.807) is 12.1 Å². The van der Waals surface area contributed by atoms with Crippen LogP contribution in [-0.4, -0.2) is 17.7 Å². The van der Waals surface area contributed by atoms with E-state index in [0.717, 1.165) is 26.9 Å². The van der Waals surface area contributed by atoms with Crippen molar-refractivity contribution in [2.75, 3.05) is 6.61 Å². The fraction of sp³-hybridized carbons (Fsp3) is 0.400. The fourth-order valence-corrected chi connectivity index (χ4v) is 5.07. The molecule has 0 spiro atoms. The highest BCUT2D eigenvalue weighted by molar-refractivity contribution is 7.20. The third-order valence-electron chi connectivity index (χ3n) is 3.99. The summed E-state index contributed by atoms with van der Waals surface area (Å²) in [7, 11) is 0. The van der Waals surface area contributed by atoms with Crippen LogP contribution in [0.5, 0.6) is 0 Å². The van der Waals surface area contributed by atoms with Crippen LogP contribution in [0.15, 0.2) is 12.1 Å². The van der Waals surface area contributed by atoms with Crippen molar-refractivity contribution < 1.29 is 14.6 Å². The molecule has 0 saturated heterocycles. The van der Waals surface area contributed by atoms with Gasteiger partial charge in [0.25, 0.3) is 0 Å². The highest BCUT2D eigenvalue weighted by Crippen LogP contribution is 2.49. The summed E-state index contributed by atoms with van der Waals surface area (Å²) in [5.74, 6) is -0.862. The average Bonchev–Trinajstić information content (AvgIpc) is 2.84. The molecule has 21 heavy (non-hydrogen) atoms. The van der Waals surface area contributed by atoms with Crippen molar-refractivity contribution in [1.29, 1.82) is 0 Å². The molecule has 6 heteroatoms.